The smallest absolute Gasteiger partial charge is 0.320 e. The van der Waals surface area contributed by atoms with Gasteiger partial charge in [-0.3, -0.25) is 0 Å². The number of nitrogens with one attached hydrogen (secondary N) is 2. The molecule has 18 heavy (non-hydrogen) atoms. The lowest BCUT2D eigenvalue weighted by Crippen LogP contribution is -2.48. The molecule has 1 aromatic rings. The molecular weight excluding hydrogens is 250 g/mol. The molecule has 1 aromatic heterocycles. The average Bonchev–Trinajstić information content (AvgIpc) is 2.39. The van der Waals surface area contributed by atoms with Crippen molar-refractivity contribution >= 4 is 23.3 Å². The molecule has 0 radical (unpaired) electrons. The highest BCUT2D eigenvalue weighted by atomic mass is 35.5. The summed E-state index contributed by atoms with van der Waals surface area (Å²) in [5.74, 6) is 2.63. The Hall–Kier alpha value is -1.73. The zero-order valence-electron chi connectivity index (χ0n) is 10.5. The fourth-order valence-electron chi connectivity index (χ4n) is 1.52. The van der Waals surface area contributed by atoms with Crippen LogP contribution in [0.25, 0.3) is 0 Å². The summed E-state index contributed by atoms with van der Waals surface area (Å²) in [5, 5.41) is 5.65. The van der Waals surface area contributed by atoms with Crippen LogP contribution in [0, 0.1) is 12.3 Å². The summed E-state index contributed by atoms with van der Waals surface area (Å²) in [5.41, 5.74) is -0.173. The number of aromatic nitrogens is 1. The molecule has 2 amide bonds. The van der Waals surface area contributed by atoms with Gasteiger partial charge in [0.05, 0.1) is 5.69 Å². The van der Waals surface area contributed by atoms with Gasteiger partial charge in [0.15, 0.2) is 5.15 Å². The summed E-state index contributed by atoms with van der Waals surface area (Å²) in [6.45, 7) is 3.86. The van der Waals surface area contributed by atoms with Crippen molar-refractivity contribution in [2.75, 3.05) is 5.32 Å². The quantitative estimate of drug-likeness (QED) is 0.649. The summed E-state index contributed by atoms with van der Waals surface area (Å²) in [7, 11) is 0. The van der Waals surface area contributed by atoms with E-state index < -0.39 is 5.54 Å². The first-order chi connectivity index (χ1) is 8.56. The van der Waals surface area contributed by atoms with Crippen molar-refractivity contribution in [2.45, 2.75) is 32.2 Å². The second-order valence-corrected chi connectivity index (χ2v) is 4.21. The van der Waals surface area contributed by atoms with Crippen LogP contribution in [0.1, 0.15) is 26.7 Å². The van der Waals surface area contributed by atoms with Crippen molar-refractivity contribution in [2.24, 2.45) is 0 Å². The summed E-state index contributed by atoms with van der Waals surface area (Å²) in [6, 6.07) is 2.98. The van der Waals surface area contributed by atoms with Gasteiger partial charge in [-0.15, -0.1) is 6.42 Å². The predicted molar refractivity (Wildman–Crippen MR) is 73.5 cm³/mol. The highest BCUT2D eigenvalue weighted by Crippen LogP contribution is 2.18. The number of carbonyl (C=O) groups excluding carboxylic acids is 1. The molecule has 0 unspecified atom stereocenters. The Morgan fingerprint density at radius 2 is 2.22 bits per heavy atom. The first kappa shape index (κ1) is 14.3. The Morgan fingerprint density at radius 1 is 1.56 bits per heavy atom. The predicted octanol–water partition coefficient (Wildman–Crippen LogP) is 3.05. The van der Waals surface area contributed by atoms with Gasteiger partial charge >= 0.3 is 6.03 Å². The van der Waals surface area contributed by atoms with Gasteiger partial charge < -0.3 is 10.6 Å². The number of carbonyl (C=O) groups is 1. The first-order valence-electron chi connectivity index (χ1n) is 5.74. The van der Waals surface area contributed by atoms with Gasteiger partial charge in [0, 0.05) is 6.20 Å². The summed E-state index contributed by atoms with van der Waals surface area (Å²) < 4.78 is 0. The lowest BCUT2D eigenvalue weighted by Gasteiger charge is -2.27. The van der Waals surface area contributed by atoms with Gasteiger partial charge in [0.1, 0.15) is 5.54 Å². The molecule has 0 saturated heterocycles. The normalized spacial score (nSPS) is 10.6. The molecule has 0 aromatic carbocycles. The molecule has 96 valence electrons. The molecule has 4 nitrogen and oxygen atoms in total. The van der Waals surface area contributed by atoms with Crippen molar-refractivity contribution in [3.63, 3.8) is 0 Å². The van der Waals surface area contributed by atoms with Crippen LogP contribution < -0.4 is 10.6 Å². The molecule has 2 N–H and O–H groups in total. The SMILES string of the molecule is C#CC(CC)(CC)NC(=O)Nc1cccnc1Cl. The van der Waals surface area contributed by atoms with Gasteiger partial charge in [0.2, 0.25) is 0 Å². The lowest BCUT2D eigenvalue weighted by molar-refractivity contribution is 0.242. The minimum absolute atomic E-state index is 0.243. The third-order valence-electron chi connectivity index (χ3n) is 2.84. The average molecular weight is 266 g/mol. The van der Waals surface area contributed by atoms with Gasteiger partial charge in [0.25, 0.3) is 0 Å². The van der Waals surface area contributed by atoms with E-state index in [1.807, 2.05) is 13.8 Å². The first-order valence-corrected chi connectivity index (χ1v) is 6.12. The number of nitrogens with zero attached hydrogens (tertiary/aromatic N) is 1. The molecule has 0 bridgehead atoms. The molecule has 0 aliphatic carbocycles. The number of terminal acetylenes is 1. The van der Waals surface area contributed by atoms with Crippen molar-refractivity contribution in [3.8, 4) is 12.3 Å². The second-order valence-electron chi connectivity index (χ2n) is 3.85. The minimum atomic E-state index is -0.626. The minimum Gasteiger partial charge on any atom is -0.322 e. The van der Waals surface area contributed by atoms with Crippen LogP contribution >= 0.6 is 11.6 Å². The number of pyridine rings is 1. The maximum Gasteiger partial charge on any atom is 0.320 e. The van der Waals surface area contributed by atoms with E-state index in [-0.39, 0.29) is 11.2 Å². The number of hydrogen-bond donors (Lipinski definition) is 2. The maximum atomic E-state index is 11.9. The highest BCUT2D eigenvalue weighted by molar-refractivity contribution is 6.32. The van der Waals surface area contributed by atoms with Crippen molar-refractivity contribution < 1.29 is 4.79 Å². The number of urea groups is 1. The Bertz CT molecular complexity index is 464. The van der Waals surface area contributed by atoms with Crippen LogP contribution in [0.5, 0.6) is 0 Å². The van der Waals surface area contributed by atoms with E-state index in [9.17, 15) is 4.79 Å². The third kappa shape index (κ3) is 3.38. The van der Waals surface area contributed by atoms with Crippen molar-refractivity contribution in [1.29, 1.82) is 0 Å². The van der Waals surface area contributed by atoms with Crippen molar-refractivity contribution in [3.05, 3.63) is 23.5 Å². The summed E-state index contributed by atoms with van der Waals surface area (Å²) in [4.78, 5) is 15.7. The number of anilines is 1. The monoisotopic (exact) mass is 265 g/mol. The molecule has 5 heteroatoms. The molecule has 1 rings (SSSR count). The topological polar surface area (TPSA) is 54.0 Å². The molecule has 0 aliphatic rings. The van der Waals surface area contributed by atoms with E-state index in [0.717, 1.165) is 0 Å². The Balaban J connectivity index is 2.74. The largest absolute Gasteiger partial charge is 0.322 e. The fraction of sp³-hybridized carbons (Fsp3) is 0.385. The van der Waals surface area contributed by atoms with Crippen LogP contribution in [0.3, 0.4) is 0 Å². The third-order valence-corrected chi connectivity index (χ3v) is 3.14. The Kier molecular flexibility index (Phi) is 4.99. The summed E-state index contributed by atoms with van der Waals surface area (Å²) >= 11 is 5.85. The summed E-state index contributed by atoms with van der Waals surface area (Å²) in [6.07, 6.45) is 8.34. The molecule has 1 heterocycles. The molecule has 0 saturated carbocycles. The van der Waals surface area contributed by atoms with E-state index in [4.69, 9.17) is 18.0 Å². The van der Waals surface area contributed by atoms with E-state index in [1.165, 1.54) is 0 Å². The van der Waals surface area contributed by atoms with Crippen LogP contribution in [0.4, 0.5) is 10.5 Å². The lowest BCUT2D eigenvalue weighted by atomic mass is 9.94. The number of rotatable bonds is 4. The van der Waals surface area contributed by atoms with Crippen molar-refractivity contribution in [1.82, 2.24) is 10.3 Å². The van der Waals surface area contributed by atoms with Crippen LogP contribution in [-0.4, -0.2) is 16.6 Å². The zero-order chi connectivity index (χ0) is 13.6. The van der Waals surface area contributed by atoms with Crippen LogP contribution in [0.2, 0.25) is 5.15 Å². The van der Waals surface area contributed by atoms with Crippen LogP contribution in [0.15, 0.2) is 18.3 Å². The second kappa shape index (κ2) is 6.27. The number of amides is 2. The molecule has 0 aliphatic heterocycles. The van der Waals surface area contributed by atoms with Crippen LogP contribution in [-0.2, 0) is 0 Å². The maximum absolute atomic E-state index is 11.9. The number of hydrogen-bond acceptors (Lipinski definition) is 2. The van der Waals surface area contributed by atoms with E-state index >= 15 is 0 Å². The Labute approximate surface area is 112 Å². The van der Waals surface area contributed by atoms with E-state index in [1.54, 1.807) is 18.3 Å². The molecular formula is C13H16ClN3O. The van der Waals surface area contributed by atoms with Gasteiger partial charge in [-0.05, 0) is 25.0 Å². The Morgan fingerprint density at radius 3 is 2.72 bits per heavy atom. The number of halogens is 1. The standard InChI is InChI=1S/C13H16ClN3O/c1-4-13(5-2,6-3)17-12(18)16-10-8-7-9-15-11(10)14/h1,7-9H,5-6H2,2-3H3,(H2,16,17,18). The van der Waals surface area contributed by atoms with Gasteiger partial charge in [-0.25, -0.2) is 9.78 Å². The molecule has 0 spiro atoms. The van der Waals surface area contributed by atoms with Gasteiger partial charge in [-0.1, -0.05) is 31.4 Å². The van der Waals surface area contributed by atoms with E-state index in [0.29, 0.717) is 18.5 Å². The molecule has 0 fully saturated rings. The fourth-order valence-corrected chi connectivity index (χ4v) is 1.68. The molecule has 0 atom stereocenters. The zero-order valence-corrected chi connectivity index (χ0v) is 11.2. The van der Waals surface area contributed by atoms with Gasteiger partial charge in [-0.2, -0.15) is 0 Å². The highest BCUT2D eigenvalue weighted by Gasteiger charge is 2.25. The van der Waals surface area contributed by atoms with E-state index in [2.05, 4.69) is 21.5 Å².